The Labute approximate surface area is 160 Å². The number of carbonyl (C=O) groups excluding carboxylic acids is 1. The number of hydrogen-bond acceptors (Lipinski definition) is 4. The number of rotatable bonds is 11. The molecule has 2 rings (SSSR count). The normalized spacial score (nSPS) is 10.5. The Hall–Kier alpha value is -1.98. The maximum atomic E-state index is 12.4. The Morgan fingerprint density at radius 2 is 1.85 bits per heavy atom. The fourth-order valence-corrected chi connectivity index (χ4v) is 3.16. The van der Waals surface area contributed by atoms with Crippen LogP contribution in [0.2, 0.25) is 0 Å². The molecule has 2 aromatic carbocycles. The second kappa shape index (κ2) is 11.6. The van der Waals surface area contributed by atoms with Crippen LogP contribution in [-0.4, -0.2) is 38.0 Å². The zero-order valence-corrected chi connectivity index (χ0v) is 16.3. The van der Waals surface area contributed by atoms with Crippen LogP contribution in [0.15, 0.2) is 48.5 Å². The van der Waals surface area contributed by atoms with E-state index in [9.17, 15) is 4.79 Å². The first-order chi connectivity index (χ1) is 12.7. The Kier molecular flexibility index (Phi) is 9.07. The van der Waals surface area contributed by atoms with Crippen LogP contribution in [0.1, 0.15) is 28.4 Å². The molecule has 0 aliphatic rings. The molecule has 0 fully saturated rings. The molecule has 0 atom stereocenters. The Morgan fingerprint density at radius 1 is 1.08 bits per heavy atom. The lowest BCUT2D eigenvalue weighted by molar-refractivity contribution is 0.0939. The molecule has 0 aliphatic heterocycles. The Bertz CT molecular complexity index is 673. The van der Waals surface area contributed by atoms with Crippen LogP contribution >= 0.6 is 11.8 Å². The molecule has 5 heteroatoms. The van der Waals surface area contributed by atoms with Crippen LogP contribution in [0.5, 0.6) is 5.75 Å². The summed E-state index contributed by atoms with van der Waals surface area (Å²) < 4.78 is 10.9. The van der Waals surface area contributed by atoms with E-state index in [1.165, 1.54) is 11.1 Å². The minimum atomic E-state index is -0.104. The Balaban J connectivity index is 1.72. The van der Waals surface area contributed by atoms with Gasteiger partial charge in [0.15, 0.2) is 0 Å². The average Bonchev–Trinajstić information content (AvgIpc) is 2.66. The van der Waals surface area contributed by atoms with Gasteiger partial charge in [0.1, 0.15) is 12.4 Å². The highest BCUT2D eigenvalue weighted by Crippen LogP contribution is 2.18. The maximum Gasteiger partial charge on any atom is 0.255 e. The van der Waals surface area contributed by atoms with Gasteiger partial charge >= 0.3 is 0 Å². The summed E-state index contributed by atoms with van der Waals surface area (Å²) in [6, 6.07) is 15.9. The molecule has 0 aromatic heterocycles. The van der Waals surface area contributed by atoms with Gasteiger partial charge < -0.3 is 14.8 Å². The molecule has 26 heavy (non-hydrogen) atoms. The number of carbonyl (C=O) groups is 1. The summed E-state index contributed by atoms with van der Waals surface area (Å²) in [5, 5.41) is 2.97. The molecule has 0 aliphatic carbocycles. The first-order valence-corrected chi connectivity index (χ1v) is 10.1. The topological polar surface area (TPSA) is 47.6 Å². The molecule has 1 amide bonds. The van der Waals surface area contributed by atoms with Crippen molar-refractivity contribution in [2.45, 2.75) is 19.6 Å². The fraction of sp³-hybridized carbons (Fsp3) is 0.381. The van der Waals surface area contributed by atoms with Crippen molar-refractivity contribution in [1.29, 1.82) is 0 Å². The number of benzene rings is 2. The molecular formula is C21H27NO3S. The molecule has 4 nitrogen and oxygen atoms in total. The molecule has 0 saturated heterocycles. The quantitative estimate of drug-likeness (QED) is 0.603. The number of amides is 1. The summed E-state index contributed by atoms with van der Waals surface area (Å²) in [5.74, 6) is 2.31. The van der Waals surface area contributed by atoms with Crippen molar-refractivity contribution in [3.8, 4) is 5.75 Å². The molecule has 0 radical (unpaired) electrons. The van der Waals surface area contributed by atoms with Crippen molar-refractivity contribution < 1.29 is 14.3 Å². The van der Waals surface area contributed by atoms with Gasteiger partial charge in [0.05, 0.1) is 12.2 Å². The van der Waals surface area contributed by atoms with Gasteiger partial charge in [0.25, 0.3) is 5.91 Å². The van der Waals surface area contributed by atoms with Gasteiger partial charge in [0.2, 0.25) is 0 Å². The summed E-state index contributed by atoms with van der Waals surface area (Å²) in [5.41, 5.74) is 3.14. The van der Waals surface area contributed by atoms with E-state index in [-0.39, 0.29) is 5.91 Å². The smallest absolute Gasteiger partial charge is 0.255 e. The van der Waals surface area contributed by atoms with Gasteiger partial charge in [0, 0.05) is 24.7 Å². The monoisotopic (exact) mass is 373 g/mol. The minimum Gasteiger partial charge on any atom is -0.490 e. The molecule has 0 spiro atoms. The lowest BCUT2D eigenvalue weighted by atomic mass is 10.2. The molecule has 1 N–H and O–H groups in total. The second-order valence-corrected chi connectivity index (χ2v) is 6.94. The molecule has 0 heterocycles. The van der Waals surface area contributed by atoms with Crippen LogP contribution in [-0.2, 0) is 10.5 Å². The van der Waals surface area contributed by atoms with Gasteiger partial charge in [-0.25, -0.2) is 0 Å². The third-order valence-corrected chi connectivity index (χ3v) is 4.77. The first kappa shape index (κ1) is 20.3. The summed E-state index contributed by atoms with van der Waals surface area (Å²) in [7, 11) is 0. The van der Waals surface area contributed by atoms with Crippen LogP contribution in [0.4, 0.5) is 0 Å². The number of ether oxygens (including phenoxy) is 2. The van der Waals surface area contributed by atoms with Gasteiger partial charge in [-0.1, -0.05) is 42.0 Å². The van der Waals surface area contributed by atoms with Crippen molar-refractivity contribution in [3.05, 3.63) is 65.2 Å². The van der Waals surface area contributed by atoms with E-state index in [4.69, 9.17) is 9.47 Å². The van der Waals surface area contributed by atoms with E-state index in [1.807, 2.05) is 36.9 Å². The van der Waals surface area contributed by atoms with Crippen LogP contribution in [0.3, 0.4) is 0 Å². The zero-order chi connectivity index (χ0) is 18.6. The van der Waals surface area contributed by atoms with E-state index in [1.54, 1.807) is 6.07 Å². The summed E-state index contributed by atoms with van der Waals surface area (Å²) >= 11 is 1.81. The third kappa shape index (κ3) is 7.10. The van der Waals surface area contributed by atoms with Crippen molar-refractivity contribution in [3.63, 3.8) is 0 Å². The van der Waals surface area contributed by atoms with E-state index in [2.05, 4.69) is 36.5 Å². The molecule has 0 bridgehead atoms. The first-order valence-electron chi connectivity index (χ1n) is 8.91. The average molecular weight is 374 g/mol. The highest BCUT2D eigenvalue weighted by molar-refractivity contribution is 7.98. The number of aryl methyl sites for hydroxylation is 1. The van der Waals surface area contributed by atoms with Crippen molar-refractivity contribution >= 4 is 17.7 Å². The number of nitrogens with one attached hydrogen (secondary N) is 1. The van der Waals surface area contributed by atoms with E-state index < -0.39 is 0 Å². The zero-order valence-electron chi connectivity index (χ0n) is 15.5. The molecule has 140 valence electrons. The van der Waals surface area contributed by atoms with Gasteiger partial charge in [-0.3, -0.25) is 4.79 Å². The van der Waals surface area contributed by atoms with Crippen molar-refractivity contribution in [2.75, 3.05) is 32.1 Å². The summed E-state index contributed by atoms with van der Waals surface area (Å²) in [6.07, 6.45) is 0. The standard InChI is InChI=1S/C21H27NO3S/c1-3-24-13-14-25-20-7-5-4-6-19(20)21(23)22-12-15-26-16-18-10-8-17(2)9-11-18/h4-11H,3,12-16H2,1-2H3,(H,22,23). The highest BCUT2D eigenvalue weighted by atomic mass is 32.2. The third-order valence-electron chi connectivity index (χ3n) is 3.74. The largest absolute Gasteiger partial charge is 0.490 e. The lowest BCUT2D eigenvalue weighted by Crippen LogP contribution is -2.26. The van der Waals surface area contributed by atoms with Gasteiger partial charge in [-0.05, 0) is 31.5 Å². The van der Waals surface area contributed by atoms with Gasteiger partial charge in [-0.2, -0.15) is 11.8 Å². The van der Waals surface area contributed by atoms with Crippen LogP contribution in [0.25, 0.3) is 0 Å². The predicted molar refractivity (Wildman–Crippen MR) is 108 cm³/mol. The molecule has 2 aromatic rings. The highest BCUT2D eigenvalue weighted by Gasteiger charge is 2.11. The summed E-state index contributed by atoms with van der Waals surface area (Å²) in [6.45, 7) is 6.27. The van der Waals surface area contributed by atoms with E-state index in [0.29, 0.717) is 37.7 Å². The molecular weight excluding hydrogens is 346 g/mol. The van der Waals surface area contributed by atoms with Crippen molar-refractivity contribution in [1.82, 2.24) is 5.32 Å². The SMILES string of the molecule is CCOCCOc1ccccc1C(=O)NCCSCc1ccc(C)cc1. The number of para-hydroxylation sites is 1. The second-order valence-electron chi connectivity index (χ2n) is 5.84. The maximum absolute atomic E-state index is 12.4. The summed E-state index contributed by atoms with van der Waals surface area (Å²) in [4.78, 5) is 12.4. The van der Waals surface area contributed by atoms with E-state index >= 15 is 0 Å². The van der Waals surface area contributed by atoms with E-state index in [0.717, 1.165) is 11.5 Å². The van der Waals surface area contributed by atoms with Crippen LogP contribution in [0, 0.1) is 6.92 Å². The molecule has 0 unspecified atom stereocenters. The van der Waals surface area contributed by atoms with Crippen molar-refractivity contribution in [2.24, 2.45) is 0 Å². The number of hydrogen-bond donors (Lipinski definition) is 1. The minimum absolute atomic E-state index is 0.104. The number of thioether (sulfide) groups is 1. The lowest BCUT2D eigenvalue weighted by Gasteiger charge is -2.11. The fourth-order valence-electron chi connectivity index (χ4n) is 2.34. The van der Waals surface area contributed by atoms with Gasteiger partial charge in [-0.15, -0.1) is 0 Å². The van der Waals surface area contributed by atoms with Crippen LogP contribution < -0.4 is 10.1 Å². The Morgan fingerprint density at radius 3 is 2.62 bits per heavy atom. The predicted octanol–water partition coefficient (Wildman–Crippen LogP) is 4.07. The molecule has 0 saturated carbocycles.